The Hall–Kier alpha value is -0.890. The van der Waals surface area contributed by atoms with E-state index in [9.17, 15) is 0 Å². The monoisotopic (exact) mass is 394 g/mol. The molecule has 1 unspecified atom stereocenters. The number of hydrogen-bond donors (Lipinski definition) is 1. The fraction of sp³-hybridized carbons (Fsp3) is 0.952. The molecule has 3 heterocycles. The van der Waals surface area contributed by atoms with Crippen molar-refractivity contribution < 1.29 is 4.74 Å². The van der Waals surface area contributed by atoms with Crippen LogP contribution in [0, 0.1) is 0 Å². The molecular weight excluding hydrogens is 352 g/mol. The Morgan fingerprint density at radius 1 is 0.964 bits per heavy atom. The highest BCUT2D eigenvalue weighted by Gasteiger charge is 2.30. The number of ether oxygens (including phenoxy) is 1. The molecule has 7 heteroatoms. The van der Waals surface area contributed by atoms with Gasteiger partial charge in [0.05, 0.1) is 13.2 Å². The van der Waals surface area contributed by atoms with E-state index in [4.69, 9.17) is 9.73 Å². The Morgan fingerprint density at radius 3 is 2.43 bits per heavy atom. The van der Waals surface area contributed by atoms with Crippen LogP contribution in [0.25, 0.3) is 0 Å². The lowest BCUT2D eigenvalue weighted by Gasteiger charge is -2.33. The lowest BCUT2D eigenvalue weighted by atomic mass is 10.2. The van der Waals surface area contributed by atoms with E-state index < -0.39 is 0 Å². The molecule has 0 aromatic carbocycles. The van der Waals surface area contributed by atoms with Crippen LogP contribution in [-0.2, 0) is 4.74 Å². The number of likely N-dealkylation sites (N-methyl/N-ethyl adjacent to an activating group) is 1. The van der Waals surface area contributed by atoms with Gasteiger partial charge in [-0.15, -0.1) is 0 Å². The van der Waals surface area contributed by atoms with E-state index in [1.165, 1.54) is 58.5 Å². The second-order valence-corrected chi connectivity index (χ2v) is 8.26. The third-order valence-electron chi connectivity index (χ3n) is 6.42. The molecule has 3 aliphatic heterocycles. The first-order valence-electron chi connectivity index (χ1n) is 11.6. The van der Waals surface area contributed by atoms with Crippen molar-refractivity contribution >= 4 is 5.96 Å². The fourth-order valence-corrected chi connectivity index (χ4v) is 4.56. The molecule has 0 amide bonds. The third-order valence-corrected chi connectivity index (χ3v) is 6.42. The molecule has 1 atom stereocenters. The molecule has 28 heavy (non-hydrogen) atoms. The molecular formula is C21H42N6O. The van der Waals surface area contributed by atoms with Crippen LogP contribution in [-0.4, -0.2) is 123 Å². The zero-order valence-electron chi connectivity index (χ0n) is 18.2. The van der Waals surface area contributed by atoms with E-state index in [1.54, 1.807) is 0 Å². The van der Waals surface area contributed by atoms with Gasteiger partial charge in [0.1, 0.15) is 0 Å². The molecule has 3 saturated heterocycles. The maximum atomic E-state index is 5.51. The number of rotatable bonds is 8. The van der Waals surface area contributed by atoms with Crippen LogP contribution in [0.3, 0.4) is 0 Å². The zero-order valence-corrected chi connectivity index (χ0v) is 18.2. The summed E-state index contributed by atoms with van der Waals surface area (Å²) in [5.41, 5.74) is 0. The highest BCUT2D eigenvalue weighted by molar-refractivity contribution is 5.80. The van der Waals surface area contributed by atoms with E-state index in [2.05, 4.69) is 38.8 Å². The first kappa shape index (κ1) is 21.8. The number of aliphatic imine (C=N–C) groups is 1. The Kier molecular flexibility index (Phi) is 9.31. The number of guanidine groups is 1. The summed E-state index contributed by atoms with van der Waals surface area (Å²) < 4.78 is 5.51. The summed E-state index contributed by atoms with van der Waals surface area (Å²) in [5, 5.41) is 3.52. The number of hydrogen-bond acceptors (Lipinski definition) is 5. The van der Waals surface area contributed by atoms with Crippen LogP contribution in [0.2, 0.25) is 0 Å². The van der Waals surface area contributed by atoms with Gasteiger partial charge in [-0.2, -0.15) is 0 Å². The number of nitrogens with one attached hydrogen (secondary N) is 1. The lowest BCUT2D eigenvalue weighted by Crippen LogP contribution is -2.46. The molecule has 0 aromatic rings. The van der Waals surface area contributed by atoms with Crippen LogP contribution in [0.4, 0.5) is 0 Å². The number of morpholine rings is 1. The maximum Gasteiger partial charge on any atom is 0.193 e. The standard InChI is InChI=1S/C21H42N6O/c1-3-22-21(27-10-7-20(19-27)26-15-17-28-18-16-26)23-8-5-6-9-25-13-11-24(4-2)12-14-25/h20H,3-19H2,1-2H3,(H,22,23). The predicted molar refractivity (Wildman–Crippen MR) is 116 cm³/mol. The molecule has 162 valence electrons. The van der Waals surface area contributed by atoms with Gasteiger partial charge in [-0.1, -0.05) is 6.92 Å². The molecule has 0 spiro atoms. The topological polar surface area (TPSA) is 46.6 Å². The van der Waals surface area contributed by atoms with Crippen LogP contribution >= 0.6 is 0 Å². The van der Waals surface area contributed by atoms with Gasteiger partial charge in [0.2, 0.25) is 0 Å². The summed E-state index contributed by atoms with van der Waals surface area (Å²) in [6.07, 6.45) is 3.68. The van der Waals surface area contributed by atoms with Gasteiger partial charge in [0, 0.05) is 71.5 Å². The Balaban J connectivity index is 1.36. The van der Waals surface area contributed by atoms with E-state index in [-0.39, 0.29) is 0 Å². The van der Waals surface area contributed by atoms with E-state index >= 15 is 0 Å². The van der Waals surface area contributed by atoms with Crippen molar-refractivity contribution in [1.29, 1.82) is 0 Å². The first-order valence-corrected chi connectivity index (χ1v) is 11.6. The van der Waals surface area contributed by atoms with Crippen LogP contribution in [0.1, 0.15) is 33.1 Å². The molecule has 3 aliphatic rings. The lowest BCUT2D eigenvalue weighted by molar-refractivity contribution is 0.0195. The maximum absolute atomic E-state index is 5.51. The summed E-state index contributed by atoms with van der Waals surface area (Å²) in [4.78, 5) is 15.2. The molecule has 7 nitrogen and oxygen atoms in total. The van der Waals surface area contributed by atoms with Gasteiger partial charge >= 0.3 is 0 Å². The average molecular weight is 395 g/mol. The third kappa shape index (κ3) is 6.58. The fourth-order valence-electron chi connectivity index (χ4n) is 4.56. The second-order valence-electron chi connectivity index (χ2n) is 8.26. The minimum Gasteiger partial charge on any atom is -0.379 e. The van der Waals surface area contributed by atoms with Crippen LogP contribution in [0.5, 0.6) is 0 Å². The van der Waals surface area contributed by atoms with Crippen molar-refractivity contribution in [3.05, 3.63) is 0 Å². The predicted octanol–water partition coefficient (Wildman–Crippen LogP) is 0.776. The summed E-state index contributed by atoms with van der Waals surface area (Å²) in [7, 11) is 0. The van der Waals surface area contributed by atoms with E-state index in [0.29, 0.717) is 6.04 Å². The minimum absolute atomic E-state index is 0.662. The van der Waals surface area contributed by atoms with Crippen molar-refractivity contribution in [2.75, 3.05) is 91.8 Å². The highest BCUT2D eigenvalue weighted by atomic mass is 16.5. The Morgan fingerprint density at radius 2 is 1.71 bits per heavy atom. The number of likely N-dealkylation sites (tertiary alicyclic amines) is 1. The molecule has 0 saturated carbocycles. The van der Waals surface area contributed by atoms with Gasteiger partial charge in [-0.05, 0) is 39.3 Å². The van der Waals surface area contributed by atoms with Crippen molar-refractivity contribution in [2.24, 2.45) is 4.99 Å². The number of piperazine rings is 1. The largest absolute Gasteiger partial charge is 0.379 e. The Labute approximate surface area is 172 Å². The summed E-state index contributed by atoms with van der Waals surface area (Å²) in [6, 6.07) is 0.662. The van der Waals surface area contributed by atoms with Gasteiger partial charge in [-0.25, -0.2) is 0 Å². The Bertz CT molecular complexity index is 460. The number of nitrogens with zero attached hydrogens (tertiary/aromatic N) is 5. The molecule has 3 fully saturated rings. The minimum atomic E-state index is 0.662. The van der Waals surface area contributed by atoms with Crippen LogP contribution < -0.4 is 5.32 Å². The summed E-state index contributed by atoms with van der Waals surface area (Å²) in [5.74, 6) is 1.12. The number of unbranched alkanes of at least 4 members (excludes halogenated alkanes) is 1. The van der Waals surface area contributed by atoms with Crippen molar-refractivity contribution in [3.8, 4) is 0 Å². The second kappa shape index (κ2) is 12.0. The van der Waals surface area contributed by atoms with E-state index in [0.717, 1.165) is 58.4 Å². The van der Waals surface area contributed by atoms with Crippen molar-refractivity contribution in [1.82, 2.24) is 24.9 Å². The van der Waals surface area contributed by atoms with Gasteiger partial charge in [0.25, 0.3) is 0 Å². The quantitative estimate of drug-likeness (QED) is 0.373. The van der Waals surface area contributed by atoms with Crippen molar-refractivity contribution in [3.63, 3.8) is 0 Å². The van der Waals surface area contributed by atoms with Crippen molar-refractivity contribution in [2.45, 2.75) is 39.2 Å². The molecule has 0 radical (unpaired) electrons. The SMILES string of the molecule is CCNC(=NCCCCN1CCN(CC)CC1)N1CCC(N2CCOCC2)C1. The highest BCUT2D eigenvalue weighted by Crippen LogP contribution is 2.17. The normalized spacial score (nSPS) is 26.1. The average Bonchev–Trinajstić information content (AvgIpc) is 3.24. The van der Waals surface area contributed by atoms with Gasteiger partial charge in [-0.3, -0.25) is 9.89 Å². The molecule has 1 N–H and O–H groups in total. The van der Waals surface area contributed by atoms with E-state index in [1.807, 2.05) is 0 Å². The molecule has 3 rings (SSSR count). The zero-order chi connectivity index (χ0) is 19.6. The molecule has 0 aliphatic carbocycles. The van der Waals surface area contributed by atoms with Gasteiger partial charge < -0.3 is 24.8 Å². The molecule has 0 aromatic heterocycles. The molecule has 0 bridgehead atoms. The smallest absolute Gasteiger partial charge is 0.193 e. The summed E-state index contributed by atoms with van der Waals surface area (Å²) in [6.45, 7) is 19.8. The van der Waals surface area contributed by atoms with Gasteiger partial charge in [0.15, 0.2) is 5.96 Å². The first-order chi connectivity index (χ1) is 13.8. The summed E-state index contributed by atoms with van der Waals surface area (Å²) >= 11 is 0. The van der Waals surface area contributed by atoms with Crippen LogP contribution in [0.15, 0.2) is 4.99 Å².